The molecule has 4 heteroatoms. The molecular weight excluding hydrogens is 264 g/mol. The van der Waals surface area contributed by atoms with Crippen LogP contribution in [-0.4, -0.2) is 38.3 Å². The summed E-state index contributed by atoms with van der Waals surface area (Å²) in [5.41, 5.74) is 1.33. The van der Waals surface area contributed by atoms with Gasteiger partial charge in [0, 0.05) is 25.2 Å². The Kier molecular flexibility index (Phi) is 4.56. The van der Waals surface area contributed by atoms with Gasteiger partial charge in [-0.15, -0.1) is 0 Å². The van der Waals surface area contributed by atoms with Crippen LogP contribution in [0.25, 0.3) is 0 Å². The fraction of sp³-hybridized carbons (Fsp3) is 0.588. The topological polar surface area (TPSA) is 50.4 Å². The average Bonchev–Trinajstić information content (AvgIpc) is 3.09. The minimum absolute atomic E-state index is 0.00216. The molecule has 0 bridgehead atoms. The van der Waals surface area contributed by atoms with Crippen molar-refractivity contribution in [1.82, 2.24) is 10.6 Å². The van der Waals surface area contributed by atoms with Crippen LogP contribution in [0, 0.1) is 0 Å². The first-order valence-electron chi connectivity index (χ1n) is 7.95. The molecule has 2 heterocycles. The molecule has 1 amide bonds. The molecule has 21 heavy (non-hydrogen) atoms. The first-order chi connectivity index (χ1) is 10.3. The van der Waals surface area contributed by atoms with Crippen molar-refractivity contribution in [3.63, 3.8) is 0 Å². The van der Waals surface area contributed by atoms with E-state index in [1.807, 2.05) is 6.07 Å². The molecule has 3 rings (SSSR count). The molecule has 0 aromatic heterocycles. The lowest BCUT2D eigenvalue weighted by molar-refractivity contribution is -0.123. The van der Waals surface area contributed by atoms with Gasteiger partial charge >= 0.3 is 0 Å². The van der Waals surface area contributed by atoms with Gasteiger partial charge in [0.05, 0.1) is 6.04 Å². The summed E-state index contributed by atoms with van der Waals surface area (Å²) in [6.07, 6.45) is 3.98. The lowest BCUT2D eigenvalue weighted by Crippen LogP contribution is -2.48. The molecule has 2 aliphatic rings. The van der Waals surface area contributed by atoms with Gasteiger partial charge in [-0.1, -0.05) is 30.3 Å². The van der Waals surface area contributed by atoms with E-state index < -0.39 is 0 Å². The molecule has 0 aliphatic carbocycles. The zero-order chi connectivity index (χ0) is 14.5. The maximum Gasteiger partial charge on any atom is 0.237 e. The van der Waals surface area contributed by atoms with E-state index in [9.17, 15) is 4.79 Å². The van der Waals surface area contributed by atoms with Crippen LogP contribution >= 0.6 is 0 Å². The monoisotopic (exact) mass is 288 g/mol. The standard InChI is InChI=1S/C17H24N2O2/c20-16(15-7-4-10-18-15)19-13-17(8-11-21-12-9-17)14-5-2-1-3-6-14/h1-3,5-6,15,18H,4,7-13H2,(H,19,20). The minimum atomic E-state index is -0.00216. The van der Waals surface area contributed by atoms with Crippen LogP contribution in [0.3, 0.4) is 0 Å². The second kappa shape index (κ2) is 6.58. The van der Waals surface area contributed by atoms with Gasteiger partial charge in [0.15, 0.2) is 0 Å². The minimum Gasteiger partial charge on any atom is -0.381 e. The molecule has 2 saturated heterocycles. The lowest BCUT2D eigenvalue weighted by atomic mass is 9.74. The van der Waals surface area contributed by atoms with E-state index in [2.05, 4.69) is 34.9 Å². The molecule has 1 aromatic rings. The number of amides is 1. The van der Waals surface area contributed by atoms with Gasteiger partial charge < -0.3 is 15.4 Å². The van der Waals surface area contributed by atoms with Crippen molar-refractivity contribution >= 4 is 5.91 Å². The fourth-order valence-electron chi connectivity index (χ4n) is 3.41. The van der Waals surface area contributed by atoms with Crippen LogP contribution in [0.15, 0.2) is 30.3 Å². The predicted molar refractivity (Wildman–Crippen MR) is 82.2 cm³/mol. The highest BCUT2D eigenvalue weighted by atomic mass is 16.5. The van der Waals surface area contributed by atoms with E-state index in [0.29, 0.717) is 6.54 Å². The van der Waals surface area contributed by atoms with E-state index in [0.717, 1.165) is 45.4 Å². The lowest BCUT2D eigenvalue weighted by Gasteiger charge is -2.38. The SMILES string of the molecule is O=C(NCC1(c2ccccc2)CCOCC1)C1CCCN1. The van der Waals surface area contributed by atoms with Crippen LogP contribution < -0.4 is 10.6 Å². The number of benzene rings is 1. The second-order valence-corrected chi connectivity index (χ2v) is 6.13. The summed E-state index contributed by atoms with van der Waals surface area (Å²) < 4.78 is 5.53. The summed E-state index contributed by atoms with van der Waals surface area (Å²) in [4.78, 5) is 12.3. The fourth-order valence-corrected chi connectivity index (χ4v) is 3.41. The first kappa shape index (κ1) is 14.5. The van der Waals surface area contributed by atoms with Crippen molar-refractivity contribution in [1.29, 1.82) is 0 Å². The van der Waals surface area contributed by atoms with Gasteiger partial charge in [0.1, 0.15) is 0 Å². The molecule has 0 radical (unpaired) electrons. The molecule has 0 spiro atoms. The van der Waals surface area contributed by atoms with Crippen molar-refractivity contribution in [3.8, 4) is 0 Å². The van der Waals surface area contributed by atoms with Gasteiger partial charge in [-0.2, -0.15) is 0 Å². The molecule has 0 saturated carbocycles. The Morgan fingerprint density at radius 1 is 1.29 bits per heavy atom. The molecule has 2 N–H and O–H groups in total. The van der Waals surface area contributed by atoms with E-state index in [1.54, 1.807) is 0 Å². The normalized spacial score (nSPS) is 24.7. The number of carbonyl (C=O) groups is 1. The van der Waals surface area contributed by atoms with Gasteiger partial charge in [-0.3, -0.25) is 4.79 Å². The van der Waals surface area contributed by atoms with E-state index in [1.165, 1.54) is 5.56 Å². The Bertz CT molecular complexity index is 463. The Morgan fingerprint density at radius 3 is 2.71 bits per heavy atom. The van der Waals surface area contributed by atoms with E-state index in [4.69, 9.17) is 4.74 Å². The highest BCUT2D eigenvalue weighted by Crippen LogP contribution is 2.34. The van der Waals surface area contributed by atoms with Crippen molar-refractivity contribution in [2.24, 2.45) is 0 Å². The Morgan fingerprint density at radius 2 is 2.05 bits per heavy atom. The molecular formula is C17H24N2O2. The van der Waals surface area contributed by atoms with Gasteiger partial charge in [-0.25, -0.2) is 0 Å². The van der Waals surface area contributed by atoms with E-state index >= 15 is 0 Å². The van der Waals surface area contributed by atoms with Crippen LogP contribution in [0.5, 0.6) is 0 Å². The van der Waals surface area contributed by atoms with Crippen LogP contribution in [0.4, 0.5) is 0 Å². The third kappa shape index (κ3) is 3.27. The summed E-state index contributed by atoms with van der Waals surface area (Å²) in [5, 5.41) is 6.44. The summed E-state index contributed by atoms with van der Waals surface area (Å²) in [7, 11) is 0. The summed E-state index contributed by atoms with van der Waals surface area (Å²) in [6.45, 7) is 3.20. The smallest absolute Gasteiger partial charge is 0.237 e. The zero-order valence-electron chi connectivity index (χ0n) is 12.4. The number of carbonyl (C=O) groups excluding carboxylic acids is 1. The number of nitrogens with one attached hydrogen (secondary N) is 2. The van der Waals surface area contributed by atoms with Gasteiger partial charge in [0.2, 0.25) is 5.91 Å². The van der Waals surface area contributed by atoms with Crippen LogP contribution in [0.1, 0.15) is 31.2 Å². The van der Waals surface area contributed by atoms with Crippen LogP contribution in [-0.2, 0) is 14.9 Å². The molecule has 1 atom stereocenters. The number of ether oxygens (including phenoxy) is 1. The average molecular weight is 288 g/mol. The number of hydrogen-bond donors (Lipinski definition) is 2. The predicted octanol–water partition coefficient (Wildman–Crippen LogP) is 1.60. The first-order valence-corrected chi connectivity index (χ1v) is 7.95. The van der Waals surface area contributed by atoms with Crippen molar-refractivity contribution in [2.75, 3.05) is 26.3 Å². The largest absolute Gasteiger partial charge is 0.381 e. The van der Waals surface area contributed by atoms with Crippen molar-refractivity contribution in [3.05, 3.63) is 35.9 Å². The van der Waals surface area contributed by atoms with Gasteiger partial charge in [-0.05, 0) is 37.8 Å². The summed E-state index contributed by atoms with van der Waals surface area (Å²) in [6, 6.07) is 10.5. The molecule has 1 aromatic carbocycles. The second-order valence-electron chi connectivity index (χ2n) is 6.13. The molecule has 4 nitrogen and oxygen atoms in total. The highest BCUT2D eigenvalue weighted by Gasteiger charge is 2.35. The molecule has 2 fully saturated rings. The third-order valence-corrected chi connectivity index (χ3v) is 4.81. The molecule has 2 aliphatic heterocycles. The summed E-state index contributed by atoms with van der Waals surface area (Å²) in [5.74, 6) is 0.147. The Labute approximate surface area is 126 Å². The molecule has 1 unspecified atom stereocenters. The van der Waals surface area contributed by atoms with Gasteiger partial charge in [0.25, 0.3) is 0 Å². The highest BCUT2D eigenvalue weighted by molar-refractivity contribution is 5.82. The summed E-state index contributed by atoms with van der Waals surface area (Å²) >= 11 is 0. The van der Waals surface area contributed by atoms with E-state index in [-0.39, 0.29) is 17.4 Å². The maximum atomic E-state index is 12.3. The quantitative estimate of drug-likeness (QED) is 0.885. The van der Waals surface area contributed by atoms with Crippen molar-refractivity contribution in [2.45, 2.75) is 37.1 Å². The molecule has 114 valence electrons. The zero-order valence-corrected chi connectivity index (χ0v) is 12.4. The Balaban J connectivity index is 1.69. The maximum absolute atomic E-state index is 12.3. The van der Waals surface area contributed by atoms with Crippen LogP contribution in [0.2, 0.25) is 0 Å². The number of hydrogen-bond acceptors (Lipinski definition) is 3. The third-order valence-electron chi connectivity index (χ3n) is 4.81. The Hall–Kier alpha value is -1.39. The van der Waals surface area contributed by atoms with Crippen molar-refractivity contribution < 1.29 is 9.53 Å². The number of rotatable bonds is 4.